The average Bonchev–Trinajstić information content (AvgIpc) is 2.61. The molecule has 4 fully saturated rings. The number of rotatable bonds is 9. The minimum atomic E-state index is 0.791. The Balaban J connectivity index is 1.18. The lowest BCUT2D eigenvalue weighted by Crippen LogP contribution is -2.45. The Kier molecular flexibility index (Phi) is 5.48. The lowest BCUT2D eigenvalue weighted by Gasteiger charge is -2.57. The molecule has 0 saturated heterocycles. The molecule has 0 aromatic carbocycles. The smallest absolute Gasteiger partial charge is 0.0270 e. The van der Waals surface area contributed by atoms with E-state index in [1.165, 1.54) is 37.7 Å². The first-order valence-corrected chi connectivity index (χ1v) is 11.0. The number of pyridine rings is 1. The SMILES string of the molecule is CCC(C[CH]c1ccncc1)CCCCC12CC3CC(CC(C3)C1)C2. The van der Waals surface area contributed by atoms with Crippen LogP contribution in [0.2, 0.25) is 0 Å². The summed E-state index contributed by atoms with van der Waals surface area (Å²) in [6.07, 6.45) is 24.2. The molecule has 1 heteroatoms. The Morgan fingerprint density at radius 3 is 2.28 bits per heavy atom. The van der Waals surface area contributed by atoms with Gasteiger partial charge in [-0.1, -0.05) is 32.6 Å². The molecule has 1 atom stereocenters. The first kappa shape index (κ1) is 17.6. The fraction of sp³-hybridized carbons (Fsp3) is 0.750. The van der Waals surface area contributed by atoms with E-state index in [9.17, 15) is 0 Å². The van der Waals surface area contributed by atoms with E-state index < -0.39 is 0 Å². The summed E-state index contributed by atoms with van der Waals surface area (Å²) in [5.74, 6) is 4.21. The standard InChI is InChI=1S/C24H36N/c1-2-19(6-7-20-8-11-25-12-9-20)5-3-4-10-24-16-21-13-22(17-24)15-23(14-21)18-24/h7-9,11-12,19,21-23H,2-6,10,13-18H2,1H3. The first-order chi connectivity index (χ1) is 12.2. The van der Waals surface area contributed by atoms with Crippen LogP contribution < -0.4 is 0 Å². The molecule has 0 aliphatic heterocycles. The highest BCUT2D eigenvalue weighted by atomic mass is 14.6. The summed E-state index contributed by atoms with van der Waals surface area (Å²) in [4.78, 5) is 4.11. The van der Waals surface area contributed by atoms with Gasteiger partial charge in [0.25, 0.3) is 0 Å². The molecule has 1 aromatic heterocycles. The van der Waals surface area contributed by atoms with Crippen LogP contribution in [0.5, 0.6) is 0 Å². The molecule has 4 aliphatic rings. The highest BCUT2D eigenvalue weighted by Gasteiger charge is 2.50. The van der Waals surface area contributed by atoms with Gasteiger partial charge in [0.1, 0.15) is 0 Å². The minimum absolute atomic E-state index is 0.791. The zero-order valence-electron chi connectivity index (χ0n) is 16.1. The monoisotopic (exact) mass is 338 g/mol. The van der Waals surface area contributed by atoms with Gasteiger partial charge in [0.2, 0.25) is 0 Å². The third-order valence-electron chi connectivity index (χ3n) is 7.70. The van der Waals surface area contributed by atoms with Crippen molar-refractivity contribution < 1.29 is 0 Å². The topological polar surface area (TPSA) is 12.9 Å². The number of hydrogen-bond donors (Lipinski definition) is 0. The van der Waals surface area contributed by atoms with Crippen molar-refractivity contribution >= 4 is 0 Å². The van der Waals surface area contributed by atoms with Gasteiger partial charge in [-0.2, -0.15) is 0 Å². The normalized spacial score (nSPS) is 34.4. The van der Waals surface area contributed by atoms with Gasteiger partial charge in [-0.05, 0) is 105 Å². The highest BCUT2D eigenvalue weighted by Crippen LogP contribution is 2.61. The van der Waals surface area contributed by atoms with E-state index in [1.54, 1.807) is 44.9 Å². The third kappa shape index (κ3) is 4.29. The van der Waals surface area contributed by atoms with Gasteiger partial charge >= 0.3 is 0 Å². The molecule has 4 aliphatic carbocycles. The van der Waals surface area contributed by atoms with Crippen LogP contribution in [-0.4, -0.2) is 4.98 Å². The first-order valence-electron chi connectivity index (χ1n) is 11.0. The van der Waals surface area contributed by atoms with Gasteiger partial charge in [-0.25, -0.2) is 0 Å². The largest absolute Gasteiger partial charge is 0.265 e. The lowest BCUT2D eigenvalue weighted by atomic mass is 9.48. The van der Waals surface area contributed by atoms with Crippen LogP contribution in [0.25, 0.3) is 0 Å². The Morgan fingerprint density at radius 2 is 1.68 bits per heavy atom. The summed E-state index contributed by atoms with van der Waals surface area (Å²) in [6.45, 7) is 2.37. The van der Waals surface area contributed by atoms with E-state index in [1.807, 2.05) is 12.4 Å². The molecule has 137 valence electrons. The van der Waals surface area contributed by atoms with Crippen LogP contribution in [0.3, 0.4) is 0 Å². The minimum Gasteiger partial charge on any atom is -0.265 e. The Morgan fingerprint density at radius 1 is 1.04 bits per heavy atom. The molecule has 1 aromatic rings. The van der Waals surface area contributed by atoms with Gasteiger partial charge in [0, 0.05) is 12.4 Å². The molecular formula is C24H36N. The van der Waals surface area contributed by atoms with Crippen LogP contribution in [0.15, 0.2) is 24.5 Å². The average molecular weight is 339 g/mol. The number of unbranched alkanes of at least 4 members (excludes halogenated alkanes) is 1. The molecule has 4 saturated carbocycles. The van der Waals surface area contributed by atoms with Gasteiger partial charge in [-0.3, -0.25) is 4.98 Å². The summed E-state index contributed by atoms with van der Waals surface area (Å²) < 4.78 is 0. The highest BCUT2D eigenvalue weighted by molar-refractivity contribution is 5.18. The number of hydrogen-bond acceptors (Lipinski definition) is 1. The summed E-state index contributed by atoms with van der Waals surface area (Å²) in [6, 6.07) is 4.25. The predicted molar refractivity (Wildman–Crippen MR) is 105 cm³/mol. The maximum Gasteiger partial charge on any atom is 0.0270 e. The van der Waals surface area contributed by atoms with Crippen molar-refractivity contribution in [2.45, 2.75) is 84.0 Å². The van der Waals surface area contributed by atoms with E-state index in [4.69, 9.17) is 0 Å². The van der Waals surface area contributed by atoms with Crippen molar-refractivity contribution in [1.29, 1.82) is 0 Å². The van der Waals surface area contributed by atoms with Crippen molar-refractivity contribution in [3.63, 3.8) is 0 Å². The van der Waals surface area contributed by atoms with Crippen LogP contribution in [0.4, 0.5) is 0 Å². The Labute approximate surface area is 155 Å². The summed E-state index contributed by atoms with van der Waals surface area (Å²) in [7, 11) is 0. The lowest BCUT2D eigenvalue weighted by molar-refractivity contribution is -0.0584. The van der Waals surface area contributed by atoms with Crippen LogP contribution in [0, 0.1) is 35.5 Å². The van der Waals surface area contributed by atoms with E-state index in [0.29, 0.717) is 0 Å². The molecule has 5 rings (SSSR count). The second-order valence-electron chi connectivity index (χ2n) is 9.66. The van der Waals surface area contributed by atoms with Crippen molar-refractivity contribution in [2.24, 2.45) is 29.1 Å². The number of aromatic nitrogens is 1. The van der Waals surface area contributed by atoms with E-state index in [-0.39, 0.29) is 0 Å². The Hall–Kier alpha value is -0.850. The molecule has 1 heterocycles. The molecule has 1 radical (unpaired) electrons. The second kappa shape index (κ2) is 7.80. The van der Waals surface area contributed by atoms with Crippen molar-refractivity contribution in [3.05, 3.63) is 36.5 Å². The molecule has 0 amide bonds. The molecule has 25 heavy (non-hydrogen) atoms. The zero-order valence-corrected chi connectivity index (χ0v) is 16.1. The van der Waals surface area contributed by atoms with Gasteiger partial charge in [0.15, 0.2) is 0 Å². The van der Waals surface area contributed by atoms with Crippen molar-refractivity contribution in [2.75, 3.05) is 0 Å². The number of nitrogens with zero attached hydrogens (tertiary/aromatic N) is 1. The van der Waals surface area contributed by atoms with Gasteiger partial charge < -0.3 is 0 Å². The molecule has 0 spiro atoms. The Bertz CT molecular complexity index is 499. The molecule has 4 bridgehead atoms. The van der Waals surface area contributed by atoms with E-state index in [2.05, 4.69) is 30.5 Å². The van der Waals surface area contributed by atoms with E-state index in [0.717, 1.165) is 29.1 Å². The van der Waals surface area contributed by atoms with Gasteiger partial charge in [0.05, 0.1) is 0 Å². The van der Waals surface area contributed by atoms with Crippen LogP contribution in [-0.2, 0) is 0 Å². The molecule has 1 unspecified atom stereocenters. The maximum absolute atomic E-state index is 4.11. The van der Waals surface area contributed by atoms with Crippen molar-refractivity contribution in [3.8, 4) is 0 Å². The molecule has 1 nitrogen and oxygen atoms in total. The zero-order chi connectivity index (χ0) is 17.1. The summed E-state index contributed by atoms with van der Waals surface area (Å²) >= 11 is 0. The third-order valence-corrected chi connectivity index (χ3v) is 7.70. The van der Waals surface area contributed by atoms with Crippen molar-refractivity contribution in [1.82, 2.24) is 4.98 Å². The quantitative estimate of drug-likeness (QED) is 0.450. The summed E-state index contributed by atoms with van der Waals surface area (Å²) in [5.41, 5.74) is 2.13. The maximum atomic E-state index is 4.11. The second-order valence-corrected chi connectivity index (χ2v) is 9.66. The fourth-order valence-corrected chi connectivity index (χ4v) is 6.82. The predicted octanol–water partition coefficient (Wildman–Crippen LogP) is 6.83. The van der Waals surface area contributed by atoms with E-state index >= 15 is 0 Å². The molecular weight excluding hydrogens is 302 g/mol. The van der Waals surface area contributed by atoms with Crippen LogP contribution in [0.1, 0.15) is 89.5 Å². The van der Waals surface area contributed by atoms with Gasteiger partial charge in [-0.15, -0.1) is 0 Å². The summed E-state index contributed by atoms with van der Waals surface area (Å²) in [5, 5.41) is 0. The van der Waals surface area contributed by atoms with Crippen LogP contribution >= 0.6 is 0 Å². The molecule has 0 N–H and O–H groups in total. The fourth-order valence-electron chi connectivity index (χ4n) is 6.82.